The van der Waals surface area contributed by atoms with Gasteiger partial charge in [-0.05, 0) is 32.3 Å². The van der Waals surface area contributed by atoms with Crippen molar-refractivity contribution in [2.75, 3.05) is 18.5 Å². The fourth-order valence-electron chi connectivity index (χ4n) is 2.20. The number of nitrogens with zero attached hydrogens (tertiary/aromatic N) is 1. The van der Waals surface area contributed by atoms with E-state index in [0.29, 0.717) is 12.1 Å². The molecule has 5 heteroatoms. The van der Waals surface area contributed by atoms with Crippen LogP contribution in [-0.2, 0) is 4.74 Å². The van der Waals surface area contributed by atoms with Gasteiger partial charge < -0.3 is 10.1 Å². The highest BCUT2D eigenvalue weighted by Crippen LogP contribution is 2.25. The Bertz CT molecular complexity index is 428. The second-order valence-corrected chi connectivity index (χ2v) is 4.58. The third kappa shape index (κ3) is 2.98. The number of nitro benzene ring substituents is 1. The fraction of sp³-hybridized carbons (Fsp3) is 0.538. The van der Waals surface area contributed by atoms with Gasteiger partial charge in [-0.15, -0.1) is 0 Å². The van der Waals surface area contributed by atoms with Crippen LogP contribution in [0, 0.1) is 17.0 Å². The van der Waals surface area contributed by atoms with E-state index in [0.717, 1.165) is 25.1 Å². The van der Waals surface area contributed by atoms with Gasteiger partial charge in [0.25, 0.3) is 5.69 Å². The summed E-state index contributed by atoms with van der Waals surface area (Å²) in [4.78, 5) is 10.5. The monoisotopic (exact) mass is 250 g/mol. The quantitative estimate of drug-likeness (QED) is 0.659. The maximum atomic E-state index is 10.8. The molecule has 18 heavy (non-hydrogen) atoms. The van der Waals surface area contributed by atoms with E-state index in [-0.39, 0.29) is 16.7 Å². The van der Waals surface area contributed by atoms with Crippen LogP contribution in [0.4, 0.5) is 11.4 Å². The molecule has 5 nitrogen and oxygen atoms in total. The van der Waals surface area contributed by atoms with E-state index >= 15 is 0 Å². The largest absolute Gasteiger partial charge is 0.382 e. The summed E-state index contributed by atoms with van der Waals surface area (Å²) in [6.45, 7) is 3.30. The van der Waals surface area contributed by atoms with Crippen LogP contribution in [0.15, 0.2) is 18.2 Å². The Morgan fingerprint density at radius 3 is 3.00 bits per heavy atom. The van der Waals surface area contributed by atoms with Crippen molar-refractivity contribution in [2.24, 2.45) is 0 Å². The van der Waals surface area contributed by atoms with Gasteiger partial charge in [-0.2, -0.15) is 0 Å². The highest BCUT2D eigenvalue weighted by molar-refractivity contribution is 5.59. The van der Waals surface area contributed by atoms with Crippen molar-refractivity contribution in [2.45, 2.75) is 32.3 Å². The number of ether oxygens (including phenoxy) is 1. The Balaban J connectivity index is 2.00. The average molecular weight is 250 g/mol. The van der Waals surface area contributed by atoms with Gasteiger partial charge in [0, 0.05) is 30.5 Å². The average Bonchev–Trinajstić information content (AvgIpc) is 2.38. The first-order valence-electron chi connectivity index (χ1n) is 6.28. The number of rotatable bonds is 4. The molecular weight excluding hydrogens is 232 g/mol. The molecule has 1 aliphatic heterocycles. The molecule has 1 heterocycles. The van der Waals surface area contributed by atoms with Gasteiger partial charge in [0.2, 0.25) is 0 Å². The van der Waals surface area contributed by atoms with Crippen LogP contribution in [0.2, 0.25) is 0 Å². The molecule has 1 aliphatic rings. The highest BCUT2D eigenvalue weighted by Gasteiger charge is 2.16. The molecule has 1 aromatic rings. The smallest absolute Gasteiger partial charge is 0.274 e. The Hall–Kier alpha value is -1.62. The molecule has 0 aromatic heterocycles. The molecule has 1 N–H and O–H groups in total. The van der Waals surface area contributed by atoms with Crippen molar-refractivity contribution in [3.8, 4) is 0 Å². The van der Waals surface area contributed by atoms with Crippen molar-refractivity contribution in [1.29, 1.82) is 0 Å². The summed E-state index contributed by atoms with van der Waals surface area (Å²) in [6, 6.07) is 5.10. The van der Waals surface area contributed by atoms with E-state index < -0.39 is 0 Å². The zero-order valence-electron chi connectivity index (χ0n) is 10.5. The minimum absolute atomic E-state index is 0.157. The number of hydrogen-bond donors (Lipinski definition) is 1. The molecule has 1 unspecified atom stereocenters. The van der Waals surface area contributed by atoms with Crippen LogP contribution in [0.3, 0.4) is 0 Å². The number of anilines is 1. The summed E-state index contributed by atoms with van der Waals surface area (Å²) in [7, 11) is 0. The predicted octanol–water partition coefficient (Wildman–Crippen LogP) is 2.88. The van der Waals surface area contributed by atoms with E-state index in [1.807, 2.05) is 6.07 Å². The molecule has 1 fully saturated rings. The van der Waals surface area contributed by atoms with E-state index in [4.69, 9.17) is 4.74 Å². The molecule has 0 aliphatic carbocycles. The maximum absolute atomic E-state index is 10.8. The van der Waals surface area contributed by atoms with E-state index in [9.17, 15) is 10.1 Å². The van der Waals surface area contributed by atoms with Gasteiger partial charge in [0.1, 0.15) is 0 Å². The summed E-state index contributed by atoms with van der Waals surface area (Å²) in [5.74, 6) is 0. The fourth-order valence-corrected chi connectivity index (χ4v) is 2.20. The molecule has 98 valence electrons. The molecule has 1 atom stereocenters. The third-order valence-electron chi connectivity index (χ3n) is 3.30. The predicted molar refractivity (Wildman–Crippen MR) is 69.9 cm³/mol. The van der Waals surface area contributed by atoms with Gasteiger partial charge in [-0.3, -0.25) is 10.1 Å². The highest BCUT2D eigenvalue weighted by atomic mass is 16.6. The van der Waals surface area contributed by atoms with Crippen LogP contribution in [0.25, 0.3) is 0 Å². The summed E-state index contributed by atoms with van der Waals surface area (Å²) < 4.78 is 5.62. The molecule has 0 spiro atoms. The first kappa shape index (κ1) is 12.8. The molecule has 2 rings (SSSR count). The summed E-state index contributed by atoms with van der Waals surface area (Å²) >= 11 is 0. The summed E-state index contributed by atoms with van der Waals surface area (Å²) in [5, 5.41) is 14.1. The zero-order valence-corrected chi connectivity index (χ0v) is 10.5. The zero-order chi connectivity index (χ0) is 13.0. The van der Waals surface area contributed by atoms with E-state index in [1.54, 1.807) is 13.0 Å². The summed E-state index contributed by atoms with van der Waals surface area (Å²) in [5.41, 5.74) is 1.65. The van der Waals surface area contributed by atoms with Crippen LogP contribution >= 0.6 is 0 Å². The topological polar surface area (TPSA) is 64.4 Å². The van der Waals surface area contributed by atoms with Crippen molar-refractivity contribution >= 4 is 11.4 Å². The van der Waals surface area contributed by atoms with Crippen LogP contribution in [-0.4, -0.2) is 24.2 Å². The lowest BCUT2D eigenvalue weighted by Crippen LogP contribution is -2.27. The molecule has 0 bridgehead atoms. The Kier molecular flexibility index (Phi) is 4.15. The number of benzene rings is 1. The van der Waals surface area contributed by atoms with Crippen molar-refractivity contribution in [3.05, 3.63) is 33.9 Å². The lowest BCUT2D eigenvalue weighted by atomic mass is 10.1. The normalized spacial score (nSPS) is 19.5. The van der Waals surface area contributed by atoms with Gasteiger partial charge in [-0.25, -0.2) is 0 Å². The summed E-state index contributed by atoms with van der Waals surface area (Å²) in [6.07, 6.45) is 3.60. The van der Waals surface area contributed by atoms with Gasteiger partial charge >= 0.3 is 0 Å². The second kappa shape index (κ2) is 5.82. The molecule has 0 amide bonds. The molecule has 0 saturated carbocycles. The van der Waals surface area contributed by atoms with Crippen molar-refractivity contribution < 1.29 is 9.66 Å². The second-order valence-electron chi connectivity index (χ2n) is 4.58. The van der Waals surface area contributed by atoms with Crippen molar-refractivity contribution in [3.63, 3.8) is 0 Å². The Morgan fingerprint density at radius 2 is 2.33 bits per heavy atom. The number of nitro groups is 1. The lowest BCUT2D eigenvalue weighted by molar-refractivity contribution is -0.385. The van der Waals surface area contributed by atoms with Gasteiger partial charge in [-0.1, -0.05) is 6.07 Å². The van der Waals surface area contributed by atoms with E-state index in [2.05, 4.69) is 5.32 Å². The first-order valence-corrected chi connectivity index (χ1v) is 6.28. The minimum Gasteiger partial charge on any atom is -0.382 e. The maximum Gasteiger partial charge on any atom is 0.274 e. The lowest BCUT2D eigenvalue weighted by Gasteiger charge is -2.23. The standard InChI is InChI=1S/C13H18N2O3/c1-10-12(6-4-7-13(10)15(16)17)14-9-11-5-2-3-8-18-11/h4,6-7,11,14H,2-3,5,8-9H2,1H3. The Labute approximate surface area is 106 Å². The SMILES string of the molecule is Cc1c(NCC2CCCCO2)cccc1[N+](=O)[O-]. The van der Waals surface area contributed by atoms with Gasteiger partial charge in [0.05, 0.1) is 11.0 Å². The molecule has 1 saturated heterocycles. The van der Waals surface area contributed by atoms with E-state index in [1.165, 1.54) is 12.5 Å². The van der Waals surface area contributed by atoms with Crippen LogP contribution < -0.4 is 5.32 Å². The first-order chi connectivity index (χ1) is 8.68. The van der Waals surface area contributed by atoms with Gasteiger partial charge in [0.15, 0.2) is 0 Å². The number of nitrogens with one attached hydrogen (secondary N) is 1. The minimum atomic E-state index is -0.350. The number of hydrogen-bond acceptors (Lipinski definition) is 4. The third-order valence-corrected chi connectivity index (χ3v) is 3.30. The van der Waals surface area contributed by atoms with Crippen molar-refractivity contribution in [1.82, 2.24) is 0 Å². The molecular formula is C13H18N2O3. The van der Waals surface area contributed by atoms with Crippen LogP contribution in [0.5, 0.6) is 0 Å². The Morgan fingerprint density at radius 1 is 1.50 bits per heavy atom. The molecule has 0 radical (unpaired) electrons. The molecule has 1 aromatic carbocycles. The van der Waals surface area contributed by atoms with Crippen LogP contribution in [0.1, 0.15) is 24.8 Å².